The van der Waals surface area contributed by atoms with Gasteiger partial charge in [0.05, 0.1) is 18.1 Å². The fraction of sp³-hybridized carbons (Fsp3) is 0.900. The summed E-state index contributed by atoms with van der Waals surface area (Å²) >= 11 is 0. The van der Waals surface area contributed by atoms with Gasteiger partial charge in [0.25, 0.3) is 0 Å². The van der Waals surface area contributed by atoms with Crippen molar-refractivity contribution in [3.05, 3.63) is 11.6 Å². The quantitative estimate of drug-likeness (QED) is 0.427. The van der Waals surface area contributed by atoms with Gasteiger partial charge in [0.2, 0.25) is 0 Å². The first-order chi connectivity index (χ1) is 15.8. The van der Waals surface area contributed by atoms with Gasteiger partial charge in [-0.3, -0.25) is 4.79 Å². The number of carboxylic acid groups (broad SMARTS) is 1. The summed E-state index contributed by atoms with van der Waals surface area (Å²) in [5.74, 6) is 1.35. The number of allylic oxidation sites excluding steroid dienone is 2. The summed E-state index contributed by atoms with van der Waals surface area (Å²) in [6.07, 6.45) is 10.6. The summed E-state index contributed by atoms with van der Waals surface area (Å²) in [4.78, 5) is 12.8. The third-order valence-electron chi connectivity index (χ3n) is 13.5. The molecule has 0 aromatic rings. The molecule has 192 valence electrons. The van der Waals surface area contributed by atoms with Crippen LogP contribution in [-0.2, 0) is 4.79 Å². The van der Waals surface area contributed by atoms with E-state index in [1.54, 1.807) is 0 Å². The Morgan fingerprint density at radius 2 is 1.68 bits per heavy atom. The zero-order chi connectivity index (χ0) is 24.9. The number of aliphatic carboxylic acids is 1. The number of aliphatic hydroxyl groups excluding tert-OH is 2. The highest BCUT2D eigenvalue weighted by Gasteiger charge is 2.69. The van der Waals surface area contributed by atoms with Crippen LogP contribution in [0, 0.1) is 56.7 Å². The lowest BCUT2D eigenvalue weighted by Gasteiger charge is -2.71. The zero-order valence-corrected chi connectivity index (χ0v) is 22.4. The van der Waals surface area contributed by atoms with E-state index in [4.69, 9.17) is 0 Å². The van der Waals surface area contributed by atoms with Gasteiger partial charge in [-0.1, -0.05) is 53.2 Å². The van der Waals surface area contributed by atoms with Gasteiger partial charge in [-0.15, -0.1) is 0 Å². The van der Waals surface area contributed by atoms with Crippen LogP contribution >= 0.6 is 0 Å². The van der Waals surface area contributed by atoms with Crippen LogP contribution in [-0.4, -0.2) is 34.0 Å². The average molecular weight is 473 g/mol. The minimum Gasteiger partial charge on any atom is -0.481 e. The fourth-order valence-corrected chi connectivity index (χ4v) is 10.9. The van der Waals surface area contributed by atoms with Crippen LogP contribution < -0.4 is 0 Å². The SMILES string of the molecule is C[C@H]1[C@H](C)CC[C@]2(C(=O)O)CC[C@]3(C)C(=CC[C@@H]4[C@@]5(C)CC[C@H](O)[C@@](C)(CO)C5CC[C@]43C)[C@H]12. The maximum atomic E-state index is 12.8. The molecule has 0 aromatic heterocycles. The second kappa shape index (κ2) is 7.57. The molecule has 4 fully saturated rings. The molecule has 0 amide bonds. The van der Waals surface area contributed by atoms with Gasteiger partial charge in [0, 0.05) is 5.41 Å². The van der Waals surface area contributed by atoms with Crippen LogP contribution in [0.2, 0.25) is 0 Å². The van der Waals surface area contributed by atoms with Gasteiger partial charge in [0.15, 0.2) is 0 Å². The normalized spacial score (nSPS) is 56.9. The Bertz CT molecular complexity index is 896. The molecular formula is C30H48O4. The second-order valence-electron chi connectivity index (χ2n) is 14.3. The number of aliphatic hydroxyl groups is 2. The van der Waals surface area contributed by atoms with Crippen molar-refractivity contribution in [2.75, 3.05) is 6.61 Å². The van der Waals surface area contributed by atoms with Gasteiger partial charge >= 0.3 is 5.97 Å². The number of fused-ring (bicyclic) bond motifs is 7. The maximum absolute atomic E-state index is 12.8. The summed E-state index contributed by atoms with van der Waals surface area (Å²) in [6.45, 7) is 14.3. The van der Waals surface area contributed by atoms with E-state index in [1.165, 1.54) is 5.57 Å². The molecule has 4 saturated carbocycles. The summed E-state index contributed by atoms with van der Waals surface area (Å²) in [6, 6.07) is 0. The first-order valence-electron chi connectivity index (χ1n) is 14.0. The van der Waals surface area contributed by atoms with Gasteiger partial charge in [-0.05, 0) is 104 Å². The predicted molar refractivity (Wildman–Crippen MR) is 134 cm³/mol. The molecule has 0 heterocycles. The van der Waals surface area contributed by atoms with Crippen molar-refractivity contribution in [3.63, 3.8) is 0 Å². The highest BCUT2D eigenvalue weighted by molar-refractivity contribution is 5.76. The summed E-state index contributed by atoms with van der Waals surface area (Å²) in [7, 11) is 0. The summed E-state index contributed by atoms with van der Waals surface area (Å²) in [5, 5.41) is 31.9. The number of rotatable bonds is 2. The third-order valence-corrected chi connectivity index (χ3v) is 13.5. The van der Waals surface area contributed by atoms with Crippen LogP contribution in [0.4, 0.5) is 0 Å². The van der Waals surface area contributed by atoms with E-state index >= 15 is 0 Å². The zero-order valence-electron chi connectivity index (χ0n) is 22.4. The molecule has 0 bridgehead atoms. The lowest BCUT2D eigenvalue weighted by atomic mass is 9.33. The van der Waals surface area contributed by atoms with E-state index in [1.807, 2.05) is 0 Å². The average Bonchev–Trinajstić information content (AvgIpc) is 2.79. The van der Waals surface area contributed by atoms with Crippen molar-refractivity contribution < 1.29 is 20.1 Å². The summed E-state index contributed by atoms with van der Waals surface area (Å²) in [5.41, 5.74) is 0.670. The van der Waals surface area contributed by atoms with Crippen LogP contribution in [0.25, 0.3) is 0 Å². The topological polar surface area (TPSA) is 77.8 Å². The minimum absolute atomic E-state index is 0.0184. The van der Waals surface area contributed by atoms with E-state index < -0.39 is 22.9 Å². The first-order valence-corrected chi connectivity index (χ1v) is 14.0. The Hall–Kier alpha value is -0.870. The number of carbonyl (C=O) groups is 1. The van der Waals surface area contributed by atoms with Crippen molar-refractivity contribution in [2.24, 2.45) is 56.7 Å². The fourth-order valence-electron chi connectivity index (χ4n) is 10.9. The Morgan fingerprint density at radius 3 is 2.32 bits per heavy atom. The Labute approximate surface area is 206 Å². The van der Waals surface area contributed by atoms with Gasteiger partial charge < -0.3 is 15.3 Å². The largest absolute Gasteiger partial charge is 0.481 e. The van der Waals surface area contributed by atoms with Crippen LogP contribution in [0.15, 0.2) is 11.6 Å². The molecule has 5 aliphatic rings. The highest BCUT2D eigenvalue weighted by atomic mass is 16.4. The lowest BCUT2D eigenvalue weighted by molar-refractivity contribution is -0.217. The molecule has 11 atom stereocenters. The number of hydrogen-bond donors (Lipinski definition) is 3. The Kier molecular flexibility index (Phi) is 5.52. The molecule has 3 N–H and O–H groups in total. The summed E-state index contributed by atoms with van der Waals surface area (Å²) < 4.78 is 0. The molecule has 0 saturated heterocycles. The molecule has 1 unspecified atom stereocenters. The first kappa shape index (κ1) is 24.8. The standard InChI is InChI=1S/C30H48O4/c1-18-9-14-30(25(33)34)16-15-28(5)20(24(30)19(18)2)7-8-22-26(3)12-11-23(32)27(4,17-31)21(26)10-13-29(22,28)6/h7,18-19,21-24,31-32H,8-17H2,1-6H3,(H,33,34)/t18-,19+,21?,22-,23+,24+,26+,27+,28-,29-,30+/m1/s1. The van der Waals surface area contributed by atoms with Crippen LogP contribution in [0.5, 0.6) is 0 Å². The van der Waals surface area contributed by atoms with Crippen LogP contribution in [0.1, 0.15) is 99.3 Å². The molecule has 0 spiro atoms. The van der Waals surface area contributed by atoms with E-state index in [-0.39, 0.29) is 28.8 Å². The minimum atomic E-state index is -0.591. The third kappa shape index (κ3) is 2.76. The molecule has 4 heteroatoms. The number of hydrogen-bond acceptors (Lipinski definition) is 3. The van der Waals surface area contributed by atoms with E-state index in [0.717, 1.165) is 57.8 Å². The Morgan fingerprint density at radius 1 is 0.971 bits per heavy atom. The maximum Gasteiger partial charge on any atom is 0.310 e. The highest BCUT2D eigenvalue weighted by Crippen LogP contribution is 2.75. The van der Waals surface area contributed by atoms with Crippen molar-refractivity contribution in [2.45, 2.75) is 105 Å². The lowest BCUT2D eigenvalue weighted by Crippen LogP contribution is -2.66. The van der Waals surface area contributed by atoms with Crippen molar-refractivity contribution in [1.82, 2.24) is 0 Å². The molecule has 34 heavy (non-hydrogen) atoms. The van der Waals surface area contributed by atoms with Gasteiger partial charge in [-0.2, -0.15) is 0 Å². The predicted octanol–water partition coefficient (Wildman–Crippen LogP) is 6.06. The van der Waals surface area contributed by atoms with Crippen molar-refractivity contribution >= 4 is 5.97 Å². The van der Waals surface area contributed by atoms with Crippen molar-refractivity contribution in [1.29, 1.82) is 0 Å². The molecule has 4 nitrogen and oxygen atoms in total. The van der Waals surface area contributed by atoms with Gasteiger partial charge in [-0.25, -0.2) is 0 Å². The molecule has 5 aliphatic carbocycles. The smallest absolute Gasteiger partial charge is 0.310 e. The second-order valence-corrected chi connectivity index (χ2v) is 14.3. The molecule has 5 rings (SSSR count). The number of carboxylic acids is 1. The van der Waals surface area contributed by atoms with E-state index in [2.05, 4.69) is 47.6 Å². The molecular weight excluding hydrogens is 424 g/mol. The van der Waals surface area contributed by atoms with E-state index in [9.17, 15) is 20.1 Å². The van der Waals surface area contributed by atoms with Crippen molar-refractivity contribution in [3.8, 4) is 0 Å². The van der Waals surface area contributed by atoms with Gasteiger partial charge in [0.1, 0.15) is 0 Å². The molecule has 0 aliphatic heterocycles. The molecule has 0 radical (unpaired) electrons. The molecule has 0 aromatic carbocycles. The van der Waals surface area contributed by atoms with Crippen LogP contribution in [0.3, 0.4) is 0 Å². The Balaban J connectivity index is 1.61. The monoisotopic (exact) mass is 472 g/mol. The van der Waals surface area contributed by atoms with E-state index in [0.29, 0.717) is 23.7 Å².